The van der Waals surface area contributed by atoms with Crippen LogP contribution in [-0.4, -0.2) is 13.0 Å². The number of nitrogens with one attached hydrogen (secondary N) is 1. The van der Waals surface area contributed by atoms with E-state index in [0.717, 1.165) is 0 Å². The maximum absolute atomic E-state index is 11.8. The molecule has 2 nitrogen and oxygen atoms in total. The number of hydrogen-bond donors (Lipinski definition) is 1. The van der Waals surface area contributed by atoms with Crippen LogP contribution in [0.15, 0.2) is 18.2 Å². The molecule has 1 aliphatic rings. The van der Waals surface area contributed by atoms with Crippen LogP contribution >= 0.6 is 0 Å². The molecular weight excluding hydrogens is 234 g/mol. The van der Waals surface area contributed by atoms with E-state index < -0.39 is 0 Å². The van der Waals surface area contributed by atoms with Gasteiger partial charge in [-0.15, -0.1) is 0 Å². The lowest BCUT2D eigenvalue weighted by molar-refractivity contribution is -0.121. The number of hydrogen-bond acceptors (Lipinski definition) is 1. The molecule has 2 heteroatoms. The van der Waals surface area contributed by atoms with Gasteiger partial charge in [-0.2, -0.15) is 0 Å². The lowest BCUT2D eigenvalue weighted by Gasteiger charge is -2.24. The van der Waals surface area contributed by atoms with Gasteiger partial charge < -0.3 is 5.32 Å². The predicted molar refractivity (Wildman–Crippen MR) is 79.3 cm³/mol. The molecule has 19 heavy (non-hydrogen) atoms. The van der Waals surface area contributed by atoms with Gasteiger partial charge in [0.1, 0.15) is 0 Å². The Morgan fingerprint density at radius 3 is 2.32 bits per heavy atom. The molecule has 0 aromatic heterocycles. The van der Waals surface area contributed by atoms with Crippen LogP contribution in [0.1, 0.15) is 54.7 Å². The average molecular weight is 259 g/mol. The third-order valence-electron chi connectivity index (χ3n) is 4.33. The van der Waals surface area contributed by atoms with Gasteiger partial charge in [0.2, 0.25) is 5.91 Å². The molecule has 2 rings (SSSR count). The first-order valence-electron chi connectivity index (χ1n) is 7.39. The summed E-state index contributed by atoms with van der Waals surface area (Å²) in [6.45, 7) is 4.28. The second kappa shape index (κ2) is 6.23. The van der Waals surface area contributed by atoms with Gasteiger partial charge in [-0.05, 0) is 44.1 Å². The minimum atomic E-state index is 0.163. The topological polar surface area (TPSA) is 29.1 Å². The smallest absolute Gasteiger partial charge is 0.220 e. The van der Waals surface area contributed by atoms with Crippen molar-refractivity contribution < 1.29 is 4.79 Å². The lowest BCUT2D eigenvalue weighted by atomic mass is 9.81. The Kier molecular flexibility index (Phi) is 4.62. The van der Waals surface area contributed by atoms with E-state index in [1.54, 1.807) is 7.05 Å². The van der Waals surface area contributed by atoms with E-state index in [0.29, 0.717) is 18.3 Å². The first-order valence-corrected chi connectivity index (χ1v) is 7.39. The van der Waals surface area contributed by atoms with Crippen molar-refractivity contribution in [1.82, 2.24) is 5.32 Å². The van der Waals surface area contributed by atoms with Gasteiger partial charge in [0, 0.05) is 13.5 Å². The molecule has 1 aromatic rings. The predicted octanol–water partition coefficient (Wildman–Crippen LogP) is 3.71. The fourth-order valence-corrected chi connectivity index (χ4v) is 3.44. The number of rotatable bonds is 4. The van der Waals surface area contributed by atoms with Crippen molar-refractivity contribution in [1.29, 1.82) is 0 Å². The summed E-state index contributed by atoms with van der Waals surface area (Å²) in [5.74, 6) is 1.23. The third-order valence-corrected chi connectivity index (χ3v) is 4.33. The number of aryl methyl sites for hydroxylation is 2. The van der Waals surface area contributed by atoms with Crippen LogP contribution in [0.2, 0.25) is 0 Å². The van der Waals surface area contributed by atoms with E-state index in [9.17, 15) is 4.79 Å². The lowest BCUT2D eigenvalue weighted by Crippen LogP contribution is -2.23. The van der Waals surface area contributed by atoms with Crippen LogP contribution < -0.4 is 5.32 Å². The van der Waals surface area contributed by atoms with Crippen molar-refractivity contribution in [2.45, 2.75) is 51.9 Å². The van der Waals surface area contributed by atoms with Gasteiger partial charge in [0.15, 0.2) is 0 Å². The summed E-state index contributed by atoms with van der Waals surface area (Å²) in [4.78, 5) is 11.8. The maximum Gasteiger partial charge on any atom is 0.220 e. The first kappa shape index (κ1) is 14.1. The van der Waals surface area contributed by atoms with Crippen LogP contribution in [0.4, 0.5) is 0 Å². The third kappa shape index (κ3) is 3.59. The quantitative estimate of drug-likeness (QED) is 0.877. The summed E-state index contributed by atoms with van der Waals surface area (Å²) in [7, 11) is 1.73. The standard InChI is InChI=1S/C17H25NO/c1-12-8-13(2)10-15(9-12)16(11-17(19)18-3)14-6-4-5-7-14/h8-10,14,16H,4-7,11H2,1-3H3,(H,18,19). The van der Waals surface area contributed by atoms with Crippen molar-refractivity contribution in [3.8, 4) is 0 Å². The fraction of sp³-hybridized carbons (Fsp3) is 0.588. The van der Waals surface area contributed by atoms with E-state index in [4.69, 9.17) is 0 Å². The molecule has 104 valence electrons. The zero-order valence-electron chi connectivity index (χ0n) is 12.3. The highest BCUT2D eigenvalue weighted by atomic mass is 16.1. The SMILES string of the molecule is CNC(=O)CC(c1cc(C)cc(C)c1)C1CCCC1. The Morgan fingerprint density at radius 1 is 1.21 bits per heavy atom. The molecule has 0 heterocycles. The second-order valence-electron chi connectivity index (χ2n) is 5.95. The molecule has 0 bridgehead atoms. The maximum atomic E-state index is 11.8. The molecule has 0 aliphatic heterocycles. The zero-order valence-corrected chi connectivity index (χ0v) is 12.3. The summed E-state index contributed by atoms with van der Waals surface area (Å²) in [6, 6.07) is 6.73. The molecule has 1 fully saturated rings. The van der Waals surface area contributed by atoms with Gasteiger partial charge in [-0.1, -0.05) is 42.2 Å². The monoisotopic (exact) mass is 259 g/mol. The molecule has 1 amide bonds. The number of benzene rings is 1. The van der Waals surface area contributed by atoms with Crippen molar-refractivity contribution in [2.75, 3.05) is 7.05 Å². The Bertz CT molecular complexity index is 426. The number of amides is 1. The molecule has 0 spiro atoms. The normalized spacial score (nSPS) is 17.4. The summed E-state index contributed by atoms with van der Waals surface area (Å²) < 4.78 is 0. The summed E-state index contributed by atoms with van der Waals surface area (Å²) in [5, 5.41) is 2.78. The Hall–Kier alpha value is -1.31. The average Bonchev–Trinajstić information content (AvgIpc) is 2.87. The summed E-state index contributed by atoms with van der Waals surface area (Å²) >= 11 is 0. The summed E-state index contributed by atoms with van der Waals surface area (Å²) in [6.07, 6.45) is 5.81. The molecule has 1 N–H and O–H groups in total. The van der Waals surface area contributed by atoms with Crippen LogP contribution in [0.25, 0.3) is 0 Å². The minimum absolute atomic E-state index is 0.163. The van der Waals surface area contributed by atoms with Crippen molar-refractivity contribution in [3.63, 3.8) is 0 Å². The second-order valence-corrected chi connectivity index (χ2v) is 5.95. The van der Waals surface area contributed by atoms with Crippen molar-refractivity contribution in [2.24, 2.45) is 5.92 Å². The van der Waals surface area contributed by atoms with Gasteiger partial charge in [0.25, 0.3) is 0 Å². The molecule has 0 radical (unpaired) electrons. The van der Waals surface area contributed by atoms with Gasteiger partial charge in [-0.3, -0.25) is 4.79 Å². The van der Waals surface area contributed by atoms with Crippen molar-refractivity contribution >= 4 is 5.91 Å². The van der Waals surface area contributed by atoms with Gasteiger partial charge in [-0.25, -0.2) is 0 Å². The van der Waals surface area contributed by atoms with E-state index in [2.05, 4.69) is 37.4 Å². The molecule has 0 saturated heterocycles. The van der Waals surface area contributed by atoms with Crippen molar-refractivity contribution in [3.05, 3.63) is 34.9 Å². The molecule has 1 aliphatic carbocycles. The van der Waals surface area contributed by atoms with E-state index in [1.165, 1.54) is 42.4 Å². The van der Waals surface area contributed by atoms with Crippen LogP contribution in [0.3, 0.4) is 0 Å². The number of carbonyl (C=O) groups excluding carboxylic acids is 1. The highest BCUT2D eigenvalue weighted by molar-refractivity contribution is 5.76. The van der Waals surface area contributed by atoms with Crippen LogP contribution in [0.5, 0.6) is 0 Å². The molecule has 1 unspecified atom stereocenters. The summed E-state index contributed by atoms with van der Waals surface area (Å²) in [5.41, 5.74) is 3.96. The molecule has 1 aromatic carbocycles. The largest absolute Gasteiger partial charge is 0.359 e. The zero-order chi connectivity index (χ0) is 13.8. The van der Waals surface area contributed by atoms with Crippen LogP contribution in [-0.2, 0) is 4.79 Å². The van der Waals surface area contributed by atoms with Gasteiger partial charge >= 0.3 is 0 Å². The fourth-order valence-electron chi connectivity index (χ4n) is 3.44. The number of carbonyl (C=O) groups is 1. The Labute approximate surface area is 116 Å². The van der Waals surface area contributed by atoms with Crippen LogP contribution in [0, 0.1) is 19.8 Å². The molecule has 1 saturated carbocycles. The molecule has 1 atom stereocenters. The van der Waals surface area contributed by atoms with E-state index in [-0.39, 0.29) is 5.91 Å². The Morgan fingerprint density at radius 2 is 1.79 bits per heavy atom. The first-order chi connectivity index (χ1) is 9.10. The highest BCUT2D eigenvalue weighted by Gasteiger charge is 2.28. The Balaban J connectivity index is 2.26. The minimum Gasteiger partial charge on any atom is -0.359 e. The van der Waals surface area contributed by atoms with E-state index in [1.807, 2.05) is 0 Å². The van der Waals surface area contributed by atoms with Gasteiger partial charge in [0.05, 0.1) is 0 Å². The van der Waals surface area contributed by atoms with E-state index >= 15 is 0 Å². The highest BCUT2D eigenvalue weighted by Crippen LogP contribution is 2.39. The molecular formula is C17H25NO.